The van der Waals surface area contributed by atoms with Crippen molar-refractivity contribution in [2.45, 2.75) is 155 Å². The molecule has 180 valence electrons. The molecular formula is C26H53O3P. The van der Waals surface area contributed by atoms with Crippen molar-refractivity contribution in [2.75, 3.05) is 13.2 Å². The van der Waals surface area contributed by atoms with E-state index < -0.39 is 8.60 Å². The molecule has 0 atom stereocenters. The minimum absolute atomic E-state index is 0.363. The van der Waals surface area contributed by atoms with E-state index >= 15 is 0 Å². The van der Waals surface area contributed by atoms with Crippen molar-refractivity contribution in [3.63, 3.8) is 0 Å². The maximum Gasteiger partial charge on any atom is 0.332 e. The molecule has 4 heteroatoms. The molecule has 1 saturated carbocycles. The lowest BCUT2D eigenvalue weighted by Gasteiger charge is -2.26. The van der Waals surface area contributed by atoms with Gasteiger partial charge in [-0.25, -0.2) is 0 Å². The van der Waals surface area contributed by atoms with Gasteiger partial charge in [0, 0.05) is 0 Å². The monoisotopic (exact) mass is 444 g/mol. The molecule has 1 rings (SSSR count). The summed E-state index contributed by atoms with van der Waals surface area (Å²) >= 11 is 0. The van der Waals surface area contributed by atoms with E-state index in [1.807, 2.05) is 0 Å². The zero-order valence-corrected chi connectivity index (χ0v) is 21.4. The Morgan fingerprint density at radius 3 is 1.37 bits per heavy atom. The highest BCUT2D eigenvalue weighted by atomic mass is 31.2. The number of rotatable bonds is 22. The summed E-state index contributed by atoms with van der Waals surface area (Å²) in [7, 11) is -1.15. The van der Waals surface area contributed by atoms with Gasteiger partial charge < -0.3 is 13.6 Å². The Balaban J connectivity index is 2.09. The molecule has 0 amide bonds. The van der Waals surface area contributed by atoms with Gasteiger partial charge in [0.2, 0.25) is 0 Å². The molecule has 0 aliphatic heterocycles. The van der Waals surface area contributed by atoms with Crippen LogP contribution >= 0.6 is 8.60 Å². The van der Waals surface area contributed by atoms with Crippen molar-refractivity contribution in [1.82, 2.24) is 0 Å². The van der Waals surface area contributed by atoms with Crippen molar-refractivity contribution >= 4 is 8.60 Å². The molecule has 0 spiro atoms. The third kappa shape index (κ3) is 17.9. The lowest BCUT2D eigenvalue weighted by atomic mass is 9.98. The predicted octanol–water partition coefficient (Wildman–Crippen LogP) is 9.88. The molecule has 0 radical (unpaired) electrons. The van der Waals surface area contributed by atoms with E-state index in [1.165, 1.54) is 122 Å². The van der Waals surface area contributed by atoms with E-state index in [4.69, 9.17) is 13.6 Å². The Morgan fingerprint density at radius 2 is 0.933 bits per heavy atom. The van der Waals surface area contributed by atoms with E-state index in [-0.39, 0.29) is 0 Å². The first-order chi connectivity index (χ1) is 14.9. The first-order valence-electron chi connectivity index (χ1n) is 13.6. The second kappa shape index (κ2) is 22.5. The highest BCUT2D eigenvalue weighted by Gasteiger charge is 2.21. The van der Waals surface area contributed by atoms with Crippen LogP contribution < -0.4 is 0 Å². The number of hydrogen-bond donors (Lipinski definition) is 0. The number of hydrogen-bond acceptors (Lipinski definition) is 3. The molecule has 1 aliphatic rings. The maximum atomic E-state index is 6.26. The van der Waals surface area contributed by atoms with Crippen LogP contribution in [0, 0.1) is 0 Å². The van der Waals surface area contributed by atoms with Gasteiger partial charge in [-0.05, 0) is 25.7 Å². The minimum Gasteiger partial charge on any atom is -0.312 e. The molecule has 30 heavy (non-hydrogen) atoms. The standard InChI is InChI=1S/C26H53O3P/c1-3-5-7-9-11-13-15-20-24-27-30(29-26-22-18-17-19-23-26)28-25-21-16-14-12-10-8-6-4-2/h26H,3-25H2,1-2H3. The van der Waals surface area contributed by atoms with Gasteiger partial charge in [-0.1, -0.05) is 123 Å². The van der Waals surface area contributed by atoms with Crippen LogP contribution in [0.25, 0.3) is 0 Å². The summed E-state index contributed by atoms with van der Waals surface area (Å²) in [5.74, 6) is 0. The topological polar surface area (TPSA) is 27.7 Å². The van der Waals surface area contributed by atoms with Crippen molar-refractivity contribution in [3.8, 4) is 0 Å². The smallest absolute Gasteiger partial charge is 0.312 e. The summed E-state index contributed by atoms with van der Waals surface area (Å²) in [5, 5.41) is 0. The van der Waals surface area contributed by atoms with Gasteiger partial charge in [-0.15, -0.1) is 0 Å². The fourth-order valence-electron chi connectivity index (χ4n) is 4.14. The van der Waals surface area contributed by atoms with Crippen LogP contribution in [0.2, 0.25) is 0 Å². The average Bonchev–Trinajstić information content (AvgIpc) is 2.77. The van der Waals surface area contributed by atoms with Crippen LogP contribution in [0.4, 0.5) is 0 Å². The van der Waals surface area contributed by atoms with Gasteiger partial charge in [0.15, 0.2) is 0 Å². The molecule has 1 aliphatic carbocycles. The van der Waals surface area contributed by atoms with Crippen LogP contribution in [0.3, 0.4) is 0 Å². The van der Waals surface area contributed by atoms with Crippen LogP contribution in [0.1, 0.15) is 149 Å². The Kier molecular flexibility index (Phi) is 21.3. The summed E-state index contributed by atoms with van der Waals surface area (Å²) in [6, 6.07) is 0. The zero-order valence-electron chi connectivity index (χ0n) is 20.5. The van der Waals surface area contributed by atoms with Crippen molar-refractivity contribution in [3.05, 3.63) is 0 Å². The van der Waals surface area contributed by atoms with E-state index in [2.05, 4.69) is 13.8 Å². The SMILES string of the molecule is CCCCCCCCCCOP(OCCCCCCCCCC)OC1CCCCC1. The molecule has 0 unspecified atom stereocenters. The summed E-state index contributed by atoms with van der Waals surface area (Å²) in [4.78, 5) is 0. The second-order valence-electron chi connectivity index (χ2n) is 9.21. The van der Waals surface area contributed by atoms with Crippen LogP contribution in [0.5, 0.6) is 0 Å². The molecule has 0 N–H and O–H groups in total. The molecular weight excluding hydrogens is 391 g/mol. The third-order valence-corrected chi connectivity index (χ3v) is 7.43. The lowest BCUT2D eigenvalue weighted by Crippen LogP contribution is -2.15. The second-order valence-corrected chi connectivity index (χ2v) is 10.4. The molecule has 3 nitrogen and oxygen atoms in total. The Bertz CT molecular complexity index is 312. The van der Waals surface area contributed by atoms with E-state index in [1.54, 1.807) is 0 Å². The normalized spacial score (nSPS) is 15.3. The van der Waals surface area contributed by atoms with Gasteiger partial charge in [0.1, 0.15) is 0 Å². The third-order valence-electron chi connectivity index (χ3n) is 6.18. The van der Waals surface area contributed by atoms with Crippen molar-refractivity contribution < 1.29 is 13.6 Å². The fourth-order valence-corrected chi connectivity index (χ4v) is 5.35. The highest BCUT2D eigenvalue weighted by molar-refractivity contribution is 7.41. The molecule has 0 heterocycles. The molecule has 0 bridgehead atoms. The van der Waals surface area contributed by atoms with Crippen LogP contribution in [0.15, 0.2) is 0 Å². The minimum atomic E-state index is -1.15. The van der Waals surface area contributed by atoms with Crippen molar-refractivity contribution in [2.24, 2.45) is 0 Å². The van der Waals surface area contributed by atoms with Gasteiger partial charge >= 0.3 is 8.60 Å². The molecule has 0 aromatic heterocycles. The van der Waals surface area contributed by atoms with Gasteiger partial charge in [-0.3, -0.25) is 0 Å². The number of unbranched alkanes of at least 4 members (excludes halogenated alkanes) is 14. The first-order valence-corrected chi connectivity index (χ1v) is 14.7. The zero-order chi connectivity index (χ0) is 21.5. The Labute approximate surface area is 190 Å². The molecule has 0 saturated heterocycles. The maximum absolute atomic E-state index is 6.26. The van der Waals surface area contributed by atoms with Crippen LogP contribution in [-0.4, -0.2) is 19.3 Å². The molecule has 0 aromatic carbocycles. The molecule has 1 fully saturated rings. The summed E-state index contributed by atoms with van der Waals surface area (Å²) in [6.07, 6.45) is 28.0. The van der Waals surface area contributed by atoms with Crippen molar-refractivity contribution in [1.29, 1.82) is 0 Å². The molecule has 0 aromatic rings. The Morgan fingerprint density at radius 1 is 0.533 bits per heavy atom. The van der Waals surface area contributed by atoms with Gasteiger partial charge in [0.25, 0.3) is 0 Å². The summed E-state index contributed by atoms with van der Waals surface area (Å²) < 4.78 is 18.4. The average molecular weight is 445 g/mol. The predicted molar refractivity (Wildman–Crippen MR) is 132 cm³/mol. The summed E-state index contributed by atoms with van der Waals surface area (Å²) in [5.41, 5.74) is 0. The van der Waals surface area contributed by atoms with E-state index in [0.29, 0.717) is 6.10 Å². The fraction of sp³-hybridized carbons (Fsp3) is 1.00. The first kappa shape index (κ1) is 28.3. The van der Waals surface area contributed by atoms with Gasteiger partial charge in [-0.2, -0.15) is 0 Å². The quantitative estimate of drug-likeness (QED) is 0.123. The summed E-state index contributed by atoms with van der Waals surface area (Å²) in [6.45, 7) is 6.15. The Hall–Kier alpha value is 0.310. The lowest BCUT2D eigenvalue weighted by molar-refractivity contribution is 0.0934. The van der Waals surface area contributed by atoms with E-state index in [9.17, 15) is 0 Å². The largest absolute Gasteiger partial charge is 0.332 e. The van der Waals surface area contributed by atoms with Crippen LogP contribution in [-0.2, 0) is 13.6 Å². The van der Waals surface area contributed by atoms with Gasteiger partial charge in [0.05, 0.1) is 19.3 Å². The van der Waals surface area contributed by atoms with E-state index in [0.717, 1.165) is 26.1 Å². The highest BCUT2D eigenvalue weighted by Crippen LogP contribution is 2.44.